The lowest BCUT2D eigenvalue weighted by Gasteiger charge is -2.28. The predicted octanol–water partition coefficient (Wildman–Crippen LogP) is 3.87. The molecule has 0 spiro atoms. The van der Waals surface area contributed by atoms with E-state index in [9.17, 15) is 5.11 Å². The molecule has 0 heterocycles. The Balaban J connectivity index is 1.80. The molecule has 2 N–H and O–H groups in total. The van der Waals surface area contributed by atoms with Crippen molar-refractivity contribution in [3.8, 4) is 5.75 Å². The zero-order valence-electron chi connectivity index (χ0n) is 11.5. The molecule has 100 valence electrons. The summed E-state index contributed by atoms with van der Waals surface area (Å²) in [6.07, 6.45) is 5.54. The average molecular weight is 247 g/mol. The van der Waals surface area contributed by atoms with Crippen molar-refractivity contribution in [2.75, 3.05) is 6.54 Å². The van der Waals surface area contributed by atoms with E-state index >= 15 is 0 Å². The van der Waals surface area contributed by atoms with Crippen molar-refractivity contribution < 1.29 is 5.11 Å². The van der Waals surface area contributed by atoms with Gasteiger partial charge in [0.05, 0.1) is 0 Å². The molecule has 0 aliphatic heterocycles. The molecular weight excluding hydrogens is 222 g/mol. The highest BCUT2D eigenvalue weighted by molar-refractivity contribution is 5.27. The molecule has 3 atom stereocenters. The van der Waals surface area contributed by atoms with Gasteiger partial charge in [-0.15, -0.1) is 0 Å². The van der Waals surface area contributed by atoms with Gasteiger partial charge in [-0.3, -0.25) is 0 Å². The molecule has 1 aliphatic rings. The molecule has 1 aromatic carbocycles. The van der Waals surface area contributed by atoms with Crippen LogP contribution in [0.2, 0.25) is 0 Å². The van der Waals surface area contributed by atoms with E-state index in [-0.39, 0.29) is 0 Å². The molecule has 1 aliphatic carbocycles. The average Bonchev–Trinajstić information content (AvgIpc) is 2.37. The molecule has 0 amide bonds. The molecule has 0 saturated heterocycles. The first-order valence-corrected chi connectivity index (χ1v) is 7.17. The van der Waals surface area contributed by atoms with E-state index in [0.29, 0.717) is 11.8 Å². The molecule has 1 saturated carbocycles. The zero-order chi connectivity index (χ0) is 13.0. The van der Waals surface area contributed by atoms with Gasteiger partial charge >= 0.3 is 0 Å². The predicted molar refractivity (Wildman–Crippen MR) is 75.6 cm³/mol. The fourth-order valence-corrected chi connectivity index (χ4v) is 2.97. The second kappa shape index (κ2) is 6.24. The second-order valence-corrected chi connectivity index (χ2v) is 5.86. The van der Waals surface area contributed by atoms with Crippen LogP contribution in [0.5, 0.6) is 5.75 Å². The van der Waals surface area contributed by atoms with Gasteiger partial charge in [0.2, 0.25) is 0 Å². The van der Waals surface area contributed by atoms with E-state index in [4.69, 9.17) is 0 Å². The quantitative estimate of drug-likeness (QED) is 0.846. The molecule has 2 rings (SSSR count). The number of phenolic OH excluding ortho intramolecular Hbond substituents is 1. The maximum Gasteiger partial charge on any atom is 0.115 e. The summed E-state index contributed by atoms with van der Waals surface area (Å²) in [6, 6.07) is 7.88. The Morgan fingerprint density at radius 3 is 2.67 bits per heavy atom. The number of phenols is 1. The first-order valence-electron chi connectivity index (χ1n) is 7.17. The second-order valence-electron chi connectivity index (χ2n) is 5.86. The molecular formula is C16H25NO. The lowest BCUT2D eigenvalue weighted by atomic mass is 9.82. The van der Waals surface area contributed by atoms with Gasteiger partial charge in [-0.2, -0.15) is 0 Å². The minimum Gasteiger partial charge on any atom is -0.508 e. The normalized spacial score (nSPS) is 25.9. The van der Waals surface area contributed by atoms with Gasteiger partial charge in [0.25, 0.3) is 0 Å². The van der Waals surface area contributed by atoms with Gasteiger partial charge < -0.3 is 10.4 Å². The summed E-state index contributed by atoms with van der Waals surface area (Å²) < 4.78 is 0. The summed E-state index contributed by atoms with van der Waals surface area (Å²) >= 11 is 0. The van der Waals surface area contributed by atoms with Crippen LogP contribution in [0.4, 0.5) is 0 Å². The fourth-order valence-electron chi connectivity index (χ4n) is 2.97. The van der Waals surface area contributed by atoms with Gasteiger partial charge in [0, 0.05) is 6.04 Å². The largest absolute Gasteiger partial charge is 0.508 e. The minimum absolute atomic E-state index is 0.340. The molecule has 0 aromatic heterocycles. The van der Waals surface area contributed by atoms with Crippen molar-refractivity contribution in [2.24, 2.45) is 11.8 Å². The summed E-state index contributed by atoms with van der Waals surface area (Å²) in [4.78, 5) is 0. The van der Waals surface area contributed by atoms with Crippen molar-refractivity contribution in [1.29, 1.82) is 0 Å². The number of hydrogen-bond acceptors (Lipinski definition) is 2. The lowest BCUT2D eigenvalue weighted by Crippen LogP contribution is -2.28. The van der Waals surface area contributed by atoms with Crippen LogP contribution >= 0.6 is 0 Å². The Morgan fingerprint density at radius 2 is 2.00 bits per heavy atom. The first-order chi connectivity index (χ1) is 8.65. The Labute approximate surface area is 110 Å². The number of nitrogens with one attached hydrogen (secondary N) is 1. The van der Waals surface area contributed by atoms with Gasteiger partial charge in [0.15, 0.2) is 0 Å². The van der Waals surface area contributed by atoms with Crippen molar-refractivity contribution in [2.45, 2.75) is 45.6 Å². The minimum atomic E-state index is 0.340. The van der Waals surface area contributed by atoms with E-state index in [1.54, 1.807) is 12.1 Å². The molecule has 1 aromatic rings. The Morgan fingerprint density at radius 1 is 1.28 bits per heavy atom. The van der Waals surface area contributed by atoms with Gasteiger partial charge in [-0.1, -0.05) is 31.9 Å². The van der Waals surface area contributed by atoms with Crippen molar-refractivity contribution in [3.63, 3.8) is 0 Å². The summed E-state index contributed by atoms with van der Waals surface area (Å²) in [6.45, 7) is 5.68. The topological polar surface area (TPSA) is 32.3 Å². The van der Waals surface area contributed by atoms with Crippen LogP contribution in [0.15, 0.2) is 24.3 Å². The molecule has 1 fully saturated rings. The SMILES string of the molecule is CC1CCCC(CNC(C)c2ccc(O)cc2)C1. The van der Waals surface area contributed by atoms with Crippen LogP contribution in [0.3, 0.4) is 0 Å². The maximum absolute atomic E-state index is 9.28. The first kappa shape index (κ1) is 13.4. The standard InChI is InChI=1S/C16H25NO/c1-12-4-3-5-14(10-12)11-17-13(2)15-6-8-16(18)9-7-15/h6-9,12-14,17-18H,3-5,10-11H2,1-2H3. The summed E-state index contributed by atoms with van der Waals surface area (Å²) in [5.74, 6) is 2.08. The van der Waals surface area contributed by atoms with Gasteiger partial charge in [-0.05, 0) is 55.8 Å². The van der Waals surface area contributed by atoms with Crippen LogP contribution in [0.25, 0.3) is 0 Å². The van der Waals surface area contributed by atoms with Crippen LogP contribution in [0, 0.1) is 11.8 Å². The molecule has 3 unspecified atom stereocenters. The smallest absolute Gasteiger partial charge is 0.115 e. The van der Waals surface area contributed by atoms with Crippen molar-refractivity contribution in [3.05, 3.63) is 29.8 Å². The number of aromatic hydroxyl groups is 1. The number of benzene rings is 1. The maximum atomic E-state index is 9.28. The van der Waals surface area contributed by atoms with E-state index in [0.717, 1.165) is 18.4 Å². The van der Waals surface area contributed by atoms with E-state index in [1.807, 2.05) is 12.1 Å². The fraction of sp³-hybridized carbons (Fsp3) is 0.625. The van der Waals surface area contributed by atoms with Crippen molar-refractivity contribution >= 4 is 0 Å². The summed E-state index contributed by atoms with van der Waals surface area (Å²) in [7, 11) is 0. The van der Waals surface area contributed by atoms with Gasteiger partial charge in [0.1, 0.15) is 5.75 Å². The Hall–Kier alpha value is -1.02. The highest BCUT2D eigenvalue weighted by atomic mass is 16.3. The van der Waals surface area contributed by atoms with Crippen molar-refractivity contribution in [1.82, 2.24) is 5.32 Å². The van der Waals surface area contributed by atoms with E-state index < -0.39 is 0 Å². The summed E-state index contributed by atoms with van der Waals surface area (Å²) in [5.41, 5.74) is 1.25. The monoisotopic (exact) mass is 247 g/mol. The highest BCUT2D eigenvalue weighted by Gasteiger charge is 2.19. The molecule has 0 radical (unpaired) electrons. The van der Waals surface area contributed by atoms with Crippen LogP contribution in [-0.2, 0) is 0 Å². The van der Waals surface area contributed by atoms with E-state index in [1.165, 1.54) is 31.2 Å². The Kier molecular flexibility index (Phi) is 4.65. The number of rotatable bonds is 4. The third-order valence-corrected chi connectivity index (χ3v) is 4.15. The van der Waals surface area contributed by atoms with Crippen LogP contribution < -0.4 is 5.32 Å². The van der Waals surface area contributed by atoms with E-state index in [2.05, 4.69) is 19.2 Å². The lowest BCUT2D eigenvalue weighted by molar-refractivity contribution is 0.268. The molecule has 0 bridgehead atoms. The number of hydrogen-bond donors (Lipinski definition) is 2. The summed E-state index contributed by atoms with van der Waals surface area (Å²) in [5, 5.41) is 12.9. The third kappa shape index (κ3) is 3.74. The van der Waals surface area contributed by atoms with Crippen LogP contribution in [-0.4, -0.2) is 11.7 Å². The zero-order valence-corrected chi connectivity index (χ0v) is 11.5. The van der Waals surface area contributed by atoms with Gasteiger partial charge in [-0.25, -0.2) is 0 Å². The molecule has 2 nitrogen and oxygen atoms in total. The molecule has 2 heteroatoms. The Bertz CT molecular complexity index is 360. The molecule has 18 heavy (non-hydrogen) atoms. The highest BCUT2D eigenvalue weighted by Crippen LogP contribution is 2.28. The third-order valence-electron chi connectivity index (χ3n) is 4.15. The van der Waals surface area contributed by atoms with Crippen LogP contribution in [0.1, 0.15) is 51.1 Å².